The molecule has 152 valence electrons. The van der Waals surface area contributed by atoms with Crippen LogP contribution in [0.4, 0.5) is 11.4 Å². The Morgan fingerprint density at radius 1 is 1.10 bits per heavy atom. The first-order valence-corrected chi connectivity index (χ1v) is 9.53. The van der Waals surface area contributed by atoms with Crippen LogP contribution >= 0.6 is 0 Å². The van der Waals surface area contributed by atoms with Gasteiger partial charge in [0.15, 0.2) is 5.78 Å². The first kappa shape index (κ1) is 19.5. The van der Waals surface area contributed by atoms with Gasteiger partial charge >= 0.3 is 5.97 Å². The summed E-state index contributed by atoms with van der Waals surface area (Å²) in [5.74, 6) is -1.86. The molecule has 2 aromatic carbocycles. The molecular formula is C22H18N2O6. The van der Waals surface area contributed by atoms with E-state index in [-0.39, 0.29) is 29.4 Å². The lowest BCUT2D eigenvalue weighted by Gasteiger charge is -2.38. The van der Waals surface area contributed by atoms with Crippen LogP contribution in [0.25, 0.3) is 0 Å². The van der Waals surface area contributed by atoms with E-state index in [1.54, 1.807) is 24.3 Å². The Kier molecular flexibility index (Phi) is 4.91. The van der Waals surface area contributed by atoms with Crippen molar-refractivity contribution < 1.29 is 24.4 Å². The number of anilines is 1. The Labute approximate surface area is 171 Å². The molecule has 8 nitrogen and oxygen atoms in total. The molecule has 0 bridgehead atoms. The maximum absolute atomic E-state index is 13.1. The van der Waals surface area contributed by atoms with Gasteiger partial charge < -0.3 is 5.11 Å². The summed E-state index contributed by atoms with van der Waals surface area (Å²) in [6.07, 6.45) is 1.53. The van der Waals surface area contributed by atoms with Crippen molar-refractivity contribution in [3.63, 3.8) is 0 Å². The summed E-state index contributed by atoms with van der Waals surface area (Å²) in [7, 11) is 0. The number of Topliss-reactive ketones (excluding diaryl/α,β-unsaturated/α-hetero) is 1. The molecule has 1 N–H and O–H groups in total. The van der Waals surface area contributed by atoms with Crippen LogP contribution in [0, 0.1) is 10.1 Å². The number of nitro groups is 1. The van der Waals surface area contributed by atoms with E-state index in [4.69, 9.17) is 0 Å². The largest absolute Gasteiger partial charge is 0.478 e. The summed E-state index contributed by atoms with van der Waals surface area (Å²) in [6.45, 7) is 0. The maximum atomic E-state index is 13.1. The number of carboxylic acid groups (broad SMARTS) is 1. The molecule has 8 heteroatoms. The van der Waals surface area contributed by atoms with E-state index in [0.29, 0.717) is 41.8 Å². The van der Waals surface area contributed by atoms with Gasteiger partial charge in [-0.2, -0.15) is 0 Å². The van der Waals surface area contributed by atoms with Gasteiger partial charge in [-0.3, -0.25) is 24.6 Å². The number of hydrogen-bond acceptors (Lipinski definition) is 5. The molecule has 0 aromatic heterocycles. The second kappa shape index (κ2) is 7.55. The van der Waals surface area contributed by atoms with Crippen molar-refractivity contribution in [2.75, 3.05) is 4.90 Å². The molecule has 2 aliphatic rings. The number of nitro benzene ring substituents is 1. The summed E-state index contributed by atoms with van der Waals surface area (Å²) in [6, 6.07) is 12.0. The van der Waals surface area contributed by atoms with E-state index < -0.39 is 16.8 Å². The maximum Gasteiger partial charge on any atom is 0.335 e. The Morgan fingerprint density at radius 2 is 1.83 bits per heavy atom. The zero-order chi connectivity index (χ0) is 21.4. The lowest BCUT2D eigenvalue weighted by molar-refractivity contribution is -0.384. The molecule has 0 saturated carbocycles. The molecule has 1 unspecified atom stereocenters. The molecule has 1 heterocycles. The molecule has 2 aromatic rings. The minimum Gasteiger partial charge on any atom is -0.478 e. The number of carbonyl (C=O) groups excluding carboxylic acids is 2. The molecule has 1 atom stereocenters. The average molecular weight is 406 g/mol. The lowest BCUT2D eigenvalue weighted by atomic mass is 9.77. The molecule has 30 heavy (non-hydrogen) atoms. The fourth-order valence-electron chi connectivity index (χ4n) is 4.18. The number of hydrogen-bond donors (Lipinski definition) is 1. The number of benzene rings is 2. The minimum atomic E-state index is -1.10. The summed E-state index contributed by atoms with van der Waals surface area (Å²) >= 11 is 0. The van der Waals surface area contributed by atoms with Gasteiger partial charge in [0.25, 0.3) is 5.69 Å². The van der Waals surface area contributed by atoms with Gasteiger partial charge in [0.1, 0.15) is 0 Å². The van der Waals surface area contributed by atoms with E-state index in [9.17, 15) is 29.6 Å². The molecule has 0 saturated heterocycles. The van der Waals surface area contributed by atoms with E-state index in [0.717, 1.165) is 0 Å². The molecule has 0 spiro atoms. The van der Waals surface area contributed by atoms with E-state index >= 15 is 0 Å². The van der Waals surface area contributed by atoms with Crippen molar-refractivity contribution in [3.05, 3.63) is 81.0 Å². The number of allylic oxidation sites excluding steroid dienone is 2. The molecule has 1 amide bonds. The second-order valence-corrected chi connectivity index (χ2v) is 7.33. The zero-order valence-electron chi connectivity index (χ0n) is 15.9. The predicted molar refractivity (Wildman–Crippen MR) is 107 cm³/mol. The Bertz CT molecular complexity index is 1100. The Balaban J connectivity index is 1.81. The van der Waals surface area contributed by atoms with Gasteiger partial charge in [-0.05, 0) is 36.6 Å². The van der Waals surface area contributed by atoms with Crippen molar-refractivity contribution >= 4 is 29.0 Å². The first-order chi connectivity index (χ1) is 14.4. The quantitative estimate of drug-likeness (QED) is 0.609. The number of carbonyl (C=O) groups is 3. The number of non-ortho nitro benzene ring substituents is 1. The zero-order valence-corrected chi connectivity index (χ0v) is 15.9. The molecule has 1 aliphatic heterocycles. The van der Waals surface area contributed by atoms with Crippen molar-refractivity contribution in [2.45, 2.75) is 31.6 Å². The number of rotatable bonds is 4. The lowest BCUT2D eigenvalue weighted by Crippen LogP contribution is -2.40. The smallest absolute Gasteiger partial charge is 0.335 e. The highest BCUT2D eigenvalue weighted by molar-refractivity contribution is 6.07. The van der Waals surface area contributed by atoms with Crippen molar-refractivity contribution in [1.82, 2.24) is 0 Å². The van der Waals surface area contributed by atoms with Crippen LogP contribution in [0.2, 0.25) is 0 Å². The summed E-state index contributed by atoms with van der Waals surface area (Å²) in [5.41, 5.74) is 2.22. The van der Waals surface area contributed by atoms with Crippen LogP contribution in [0.5, 0.6) is 0 Å². The van der Waals surface area contributed by atoms with Gasteiger partial charge in [0.05, 0.1) is 10.5 Å². The average Bonchev–Trinajstić information content (AvgIpc) is 2.73. The summed E-state index contributed by atoms with van der Waals surface area (Å²) in [5, 5.41) is 20.2. The van der Waals surface area contributed by atoms with Gasteiger partial charge in [-0.25, -0.2) is 4.79 Å². The molecule has 0 fully saturated rings. The topological polar surface area (TPSA) is 118 Å². The van der Waals surface area contributed by atoms with Gasteiger partial charge in [-0.15, -0.1) is 0 Å². The monoisotopic (exact) mass is 406 g/mol. The second-order valence-electron chi connectivity index (χ2n) is 7.33. The highest BCUT2D eigenvalue weighted by Crippen LogP contribution is 2.43. The summed E-state index contributed by atoms with van der Waals surface area (Å²) in [4.78, 5) is 49.2. The minimum absolute atomic E-state index is 0.0275. The van der Waals surface area contributed by atoms with Crippen molar-refractivity contribution in [3.8, 4) is 0 Å². The number of carboxylic acids is 1. The van der Waals surface area contributed by atoms with Gasteiger partial charge in [-0.1, -0.05) is 18.2 Å². The van der Waals surface area contributed by atoms with Gasteiger partial charge in [0, 0.05) is 47.8 Å². The molecule has 4 rings (SSSR count). The number of nitrogens with zero attached hydrogens (tertiary/aromatic N) is 2. The fraction of sp³-hybridized carbons (Fsp3) is 0.227. The van der Waals surface area contributed by atoms with Crippen LogP contribution in [0.1, 0.15) is 47.5 Å². The molecule has 0 radical (unpaired) electrons. The number of amides is 1. The highest BCUT2D eigenvalue weighted by atomic mass is 16.6. The third-order valence-corrected chi connectivity index (χ3v) is 5.53. The first-order valence-electron chi connectivity index (χ1n) is 9.53. The molecule has 1 aliphatic carbocycles. The molecular weight excluding hydrogens is 388 g/mol. The van der Waals surface area contributed by atoms with Crippen molar-refractivity contribution in [1.29, 1.82) is 0 Å². The SMILES string of the molecule is O=C1CCCC2=C1C(c1ccc([N+](=O)[O-])cc1)CC(=O)N2c1cccc(C(=O)O)c1. The summed E-state index contributed by atoms with van der Waals surface area (Å²) < 4.78 is 0. The van der Waals surface area contributed by atoms with E-state index in [2.05, 4.69) is 0 Å². The third kappa shape index (κ3) is 3.36. The number of aromatic carboxylic acids is 1. The Morgan fingerprint density at radius 3 is 2.50 bits per heavy atom. The van der Waals surface area contributed by atoms with Crippen LogP contribution in [0.15, 0.2) is 59.8 Å². The van der Waals surface area contributed by atoms with E-state index in [1.807, 2.05) is 0 Å². The van der Waals surface area contributed by atoms with Crippen LogP contribution in [-0.2, 0) is 9.59 Å². The van der Waals surface area contributed by atoms with E-state index in [1.165, 1.54) is 29.2 Å². The number of ketones is 1. The van der Waals surface area contributed by atoms with Crippen LogP contribution < -0.4 is 4.90 Å². The van der Waals surface area contributed by atoms with Crippen LogP contribution in [-0.4, -0.2) is 27.7 Å². The van der Waals surface area contributed by atoms with Crippen molar-refractivity contribution in [2.24, 2.45) is 0 Å². The van der Waals surface area contributed by atoms with Crippen LogP contribution in [0.3, 0.4) is 0 Å². The normalized spacial score (nSPS) is 18.9. The highest BCUT2D eigenvalue weighted by Gasteiger charge is 2.39. The van der Waals surface area contributed by atoms with Gasteiger partial charge in [0.2, 0.25) is 5.91 Å². The third-order valence-electron chi connectivity index (χ3n) is 5.53. The Hall–Kier alpha value is -3.81. The standard InChI is InChI=1S/C22H18N2O6/c25-19-6-2-5-18-21(19)17(13-7-9-15(10-8-13)24(29)30)12-20(26)23(18)16-4-1-3-14(11-16)22(27)28/h1,3-4,7-11,17H,2,5-6,12H2,(H,27,28). The predicted octanol–water partition coefficient (Wildman–Crippen LogP) is 3.82. The fourth-order valence-corrected chi connectivity index (χ4v) is 4.18.